The number of ether oxygens (including phenoxy) is 4. The average molecular weight is 565 g/mol. The third kappa shape index (κ3) is 5.98. The molecule has 3 rings (SSSR count). The number of carbonyl (C=O) groups is 1. The van der Waals surface area contributed by atoms with E-state index in [1.165, 1.54) is 52.7 Å². The summed E-state index contributed by atoms with van der Waals surface area (Å²) in [6, 6.07) is 15.8. The van der Waals surface area contributed by atoms with Gasteiger partial charge in [0.1, 0.15) is 18.0 Å². The summed E-state index contributed by atoms with van der Waals surface area (Å²) >= 11 is 3.35. The fourth-order valence-corrected chi connectivity index (χ4v) is 5.13. The second-order valence-electron chi connectivity index (χ2n) is 7.12. The van der Waals surface area contributed by atoms with E-state index < -0.39 is 22.5 Å². The van der Waals surface area contributed by atoms with E-state index in [1.807, 2.05) is 6.07 Å². The van der Waals surface area contributed by atoms with Gasteiger partial charge in [-0.3, -0.25) is 9.10 Å². The lowest BCUT2D eigenvalue weighted by molar-refractivity contribution is -0.114. The molecule has 35 heavy (non-hydrogen) atoms. The molecule has 0 aliphatic rings. The van der Waals surface area contributed by atoms with Crippen LogP contribution in [0.15, 0.2) is 70.0 Å². The second kappa shape index (κ2) is 11.3. The summed E-state index contributed by atoms with van der Waals surface area (Å²) in [4.78, 5) is 12.9. The Bertz CT molecular complexity index is 1310. The highest BCUT2D eigenvalue weighted by atomic mass is 79.9. The summed E-state index contributed by atoms with van der Waals surface area (Å²) < 4.78 is 50.6. The Morgan fingerprint density at radius 2 is 1.54 bits per heavy atom. The van der Waals surface area contributed by atoms with Crippen molar-refractivity contribution in [2.75, 3.05) is 44.6 Å². The molecule has 1 amide bonds. The number of nitrogens with zero attached hydrogens (tertiary/aromatic N) is 1. The fourth-order valence-electron chi connectivity index (χ4n) is 3.29. The minimum absolute atomic E-state index is 0.102. The smallest absolute Gasteiger partial charge is 0.265 e. The molecule has 0 saturated carbocycles. The Balaban J connectivity index is 2.10. The number of benzene rings is 3. The average Bonchev–Trinajstić information content (AvgIpc) is 2.86. The topological polar surface area (TPSA) is 103 Å². The number of amides is 1. The van der Waals surface area contributed by atoms with Crippen molar-refractivity contribution in [3.63, 3.8) is 0 Å². The zero-order chi connectivity index (χ0) is 25.6. The maximum Gasteiger partial charge on any atom is 0.265 e. The highest BCUT2D eigenvalue weighted by molar-refractivity contribution is 9.10. The van der Waals surface area contributed by atoms with Gasteiger partial charge in [0, 0.05) is 22.3 Å². The van der Waals surface area contributed by atoms with Gasteiger partial charge in [0.2, 0.25) is 5.91 Å². The van der Waals surface area contributed by atoms with Crippen LogP contribution >= 0.6 is 15.9 Å². The van der Waals surface area contributed by atoms with Crippen LogP contribution < -0.4 is 28.6 Å². The summed E-state index contributed by atoms with van der Waals surface area (Å²) in [5, 5.41) is 2.72. The monoisotopic (exact) mass is 564 g/mol. The van der Waals surface area contributed by atoms with Gasteiger partial charge in [-0.25, -0.2) is 8.42 Å². The van der Waals surface area contributed by atoms with Gasteiger partial charge in [-0.1, -0.05) is 22.0 Å². The molecule has 0 aromatic heterocycles. The normalized spacial score (nSPS) is 10.9. The van der Waals surface area contributed by atoms with E-state index in [4.69, 9.17) is 18.9 Å². The molecular weight excluding hydrogens is 540 g/mol. The summed E-state index contributed by atoms with van der Waals surface area (Å²) in [6.07, 6.45) is 0. The second-order valence-corrected chi connectivity index (χ2v) is 9.90. The maximum absolute atomic E-state index is 13.9. The number of nitrogens with one attached hydrogen (secondary N) is 1. The first-order valence-corrected chi connectivity index (χ1v) is 12.5. The Kier molecular flexibility index (Phi) is 8.47. The minimum Gasteiger partial charge on any atom is -0.497 e. The van der Waals surface area contributed by atoms with Crippen LogP contribution in [0.4, 0.5) is 11.4 Å². The quantitative estimate of drug-likeness (QED) is 0.391. The van der Waals surface area contributed by atoms with E-state index in [2.05, 4.69) is 21.2 Å². The van der Waals surface area contributed by atoms with E-state index in [1.54, 1.807) is 30.3 Å². The van der Waals surface area contributed by atoms with Crippen LogP contribution in [-0.4, -0.2) is 49.3 Å². The Labute approximate surface area is 212 Å². The van der Waals surface area contributed by atoms with Crippen LogP contribution in [0, 0.1) is 0 Å². The number of hydrogen-bond acceptors (Lipinski definition) is 7. The standard InChI is InChI=1S/C24H25BrN2O7S/c1-31-18-8-10-21(32-2)20(13-18)27(15-24(28)26-17-7-5-6-16(25)12-17)35(29,30)19-9-11-22(33-3)23(14-19)34-4/h5-14H,15H2,1-4H3,(H,26,28). The molecule has 0 unspecified atom stereocenters. The number of sulfonamides is 1. The summed E-state index contributed by atoms with van der Waals surface area (Å²) in [6.45, 7) is -0.535. The molecular formula is C24H25BrN2O7S. The third-order valence-electron chi connectivity index (χ3n) is 4.99. The van der Waals surface area contributed by atoms with Crippen molar-refractivity contribution < 1.29 is 32.2 Å². The summed E-state index contributed by atoms with van der Waals surface area (Å²) in [5.41, 5.74) is 0.636. The zero-order valence-corrected chi connectivity index (χ0v) is 22.0. The zero-order valence-electron chi connectivity index (χ0n) is 19.6. The van der Waals surface area contributed by atoms with Gasteiger partial charge >= 0.3 is 0 Å². The van der Waals surface area contributed by atoms with Gasteiger partial charge in [-0.2, -0.15) is 0 Å². The van der Waals surface area contributed by atoms with E-state index in [9.17, 15) is 13.2 Å². The van der Waals surface area contributed by atoms with Crippen molar-refractivity contribution in [3.8, 4) is 23.0 Å². The van der Waals surface area contributed by atoms with Crippen molar-refractivity contribution in [2.24, 2.45) is 0 Å². The largest absolute Gasteiger partial charge is 0.497 e. The highest BCUT2D eigenvalue weighted by Crippen LogP contribution is 2.37. The molecule has 0 fully saturated rings. The number of halogens is 1. The van der Waals surface area contributed by atoms with Gasteiger partial charge < -0.3 is 24.3 Å². The van der Waals surface area contributed by atoms with Crippen molar-refractivity contribution in [1.29, 1.82) is 0 Å². The van der Waals surface area contributed by atoms with Crippen LogP contribution in [0.2, 0.25) is 0 Å². The minimum atomic E-state index is -4.27. The number of anilines is 2. The van der Waals surface area contributed by atoms with Crippen LogP contribution in [0.1, 0.15) is 0 Å². The number of carbonyl (C=O) groups excluding carboxylic acids is 1. The van der Waals surface area contributed by atoms with E-state index in [0.717, 1.165) is 8.78 Å². The van der Waals surface area contributed by atoms with E-state index in [0.29, 0.717) is 17.2 Å². The van der Waals surface area contributed by atoms with Crippen LogP contribution in [-0.2, 0) is 14.8 Å². The predicted octanol–water partition coefficient (Wildman–Crippen LogP) is 4.32. The van der Waals surface area contributed by atoms with E-state index >= 15 is 0 Å². The van der Waals surface area contributed by atoms with Gasteiger partial charge in [-0.05, 0) is 42.5 Å². The summed E-state index contributed by atoms with van der Waals surface area (Å²) in [5.74, 6) is 0.664. The lowest BCUT2D eigenvalue weighted by Gasteiger charge is -2.26. The SMILES string of the molecule is COc1ccc(OC)c(N(CC(=O)Nc2cccc(Br)c2)S(=O)(=O)c2ccc(OC)c(OC)c2)c1. The first kappa shape index (κ1) is 26.2. The Morgan fingerprint density at radius 1 is 0.857 bits per heavy atom. The molecule has 0 aliphatic heterocycles. The fraction of sp³-hybridized carbons (Fsp3) is 0.208. The van der Waals surface area contributed by atoms with Crippen LogP contribution in [0.3, 0.4) is 0 Å². The first-order valence-electron chi connectivity index (χ1n) is 10.3. The van der Waals surface area contributed by atoms with Crippen LogP contribution in [0.25, 0.3) is 0 Å². The van der Waals surface area contributed by atoms with Gasteiger partial charge in [0.05, 0.1) is 39.0 Å². The Morgan fingerprint density at radius 3 is 2.17 bits per heavy atom. The molecule has 9 nitrogen and oxygen atoms in total. The van der Waals surface area contributed by atoms with Gasteiger partial charge in [0.15, 0.2) is 11.5 Å². The first-order chi connectivity index (χ1) is 16.7. The van der Waals surface area contributed by atoms with Crippen molar-refractivity contribution in [2.45, 2.75) is 4.90 Å². The number of rotatable bonds is 10. The predicted molar refractivity (Wildman–Crippen MR) is 136 cm³/mol. The van der Waals surface area contributed by atoms with Crippen molar-refractivity contribution >= 4 is 43.2 Å². The number of methoxy groups -OCH3 is 4. The highest BCUT2D eigenvalue weighted by Gasteiger charge is 2.31. The molecule has 3 aromatic carbocycles. The van der Waals surface area contributed by atoms with Crippen molar-refractivity contribution in [1.82, 2.24) is 0 Å². The molecule has 0 saturated heterocycles. The maximum atomic E-state index is 13.9. The molecule has 1 N–H and O–H groups in total. The molecule has 0 heterocycles. The molecule has 0 spiro atoms. The lowest BCUT2D eigenvalue weighted by atomic mass is 10.2. The molecule has 0 radical (unpaired) electrons. The molecule has 3 aromatic rings. The molecule has 0 bridgehead atoms. The van der Waals surface area contributed by atoms with Gasteiger partial charge in [0.25, 0.3) is 10.0 Å². The lowest BCUT2D eigenvalue weighted by Crippen LogP contribution is -2.38. The van der Waals surface area contributed by atoms with E-state index in [-0.39, 0.29) is 22.1 Å². The molecule has 0 aliphatic carbocycles. The summed E-state index contributed by atoms with van der Waals surface area (Å²) in [7, 11) is 1.45. The Hall–Kier alpha value is -3.44. The molecule has 11 heteroatoms. The molecule has 0 atom stereocenters. The molecule has 186 valence electrons. The van der Waals surface area contributed by atoms with Crippen LogP contribution in [0.5, 0.6) is 23.0 Å². The number of hydrogen-bond donors (Lipinski definition) is 1. The van der Waals surface area contributed by atoms with Crippen molar-refractivity contribution in [3.05, 3.63) is 65.1 Å². The third-order valence-corrected chi connectivity index (χ3v) is 7.24. The van der Waals surface area contributed by atoms with Gasteiger partial charge in [-0.15, -0.1) is 0 Å².